The van der Waals surface area contributed by atoms with E-state index in [1.165, 1.54) is 0 Å². The van der Waals surface area contributed by atoms with Crippen LogP contribution in [0.15, 0.2) is 18.2 Å². The molecule has 94 valence electrons. The summed E-state index contributed by atoms with van der Waals surface area (Å²) in [5, 5.41) is 0.895. The highest BCUT2D eigenvalue weighted by Gasteiger charge is 2.20. The summed E-state index contributed by atoms with van der Waals surface area (Å²) in [6.45, 7) is 3.92. The van der Waals surface area contributed by atoms with Crippen molar-refractivity contribution in [1.82, 2.24) is 0 Å². The lowest BCUT2D eigenvalue weighted by molar-refractivity contribution is -0.151. The molecule has 0 amide bonds. The molecule has 0 heterocycles. The van der Waals surface area contributed by atoms with Crippen molar-refractivity contribution in [2.24, 2.45) is 0 Å². The molecule has 1 rings (SSSR count). The van der Waals surface area contributed by atoms with Crippen molar-refractivity contribution >= 4 is 29.2 Å². The number of ether oxygens (including phenoxy) is 2. The van der Waals surface area contributed by atoms with E-state index in [0.29, 0.717) is 28.8 Å². The standard InChI is InChI=1S/C12H14Cl2O3/c1-3-10(12(15)16-4-2)17-11-6-5-8(13)7-9(11)14/h5-7,10H,3-4H2,1-2H3. The van der Waals surface area contributed by atoms with Crippen molar-refractivity contribution in [3.05, 3.63) is 28.2 Å². The van der Waals surface area contributed by atoms with Crippen molar-refractivity contribution < 1.29 is 14.3 Å². The molecule has 0 aliphatic heterocycles. The Hall–Kier alpha value is -0.930. The molecule has 0 saturated carbocycles. The third-order valence-corrected chi connectivity index (χ3v) is 2.61. The Kier molecular flexibility index (Phi) is 5.59. The largest absolute Gasteiger partial charge is 0.477 e. The fourth-order valence-electron chi connectivity index (χ4n) is 1.26. The van der Waals surface area contributed by atoms with Gasteiger partial charge in [0.1, 0.15) is 5.75 Å². The lowest BCUT2D eigenvalue weighted by atomic mass is 10.2. The van der Waals surface area contributed by atoms with Gasteiger partial charge in [0.2, 0.25) is 0 Å². The van der Waals surface area contributed by atoms with E-state index in [4.69, 9.17) is 32.7 Å². The number of rotatable bonds is 5. The van der Waals surface area contributed by atoms with Crippen LogP contribution in [-0.4, -0.2) is 18.7 Å². The van der Waals surface area contributed by atoms with Gasteiger partial charge in [0.25, 0.3) is 0 Å². The summed E-state index contributed by atoms with van der Waals surface area (Å²) in [6.07, 6.45) is -0.133. The van der Waals surface area contributed by atoms with Gasteiger partial charge in [-0.05, 0) is 31.5 Å². The first-order valence-electron chi connectivity index (χ1n) is 5.36. The first-order chi connectivity index (χ1) is 8.08. The molecule has 3 nitrogen and oxygen atoms in total. The van der Waals surface area contributed by atoms with Crippen LogP contribution in [-0.2, 0) is 9.53 Å². The summed E-state index contributed by atoms with van der Waals surface area (Å²) < 4.78 is 10.4. The lowest BCUT2D eigenvalue weighted by Gasteiger charge is -2.16. The molecule has 1 aromatic rings. The van der Waals surface area contributed by atoms with Crippen LogP contribution in [0.25, 0.3) is 0 Å². The van der Waals surface area contributed by atoms with Crippen LogP contribution < -0.4 is 4.74 Å². The van der Waals surface area contributed by atoms with Gasteiger partial charge in [0.05, 0.1) is 11.6 Å². The maximum atomic E-state index is 11.5. The molecule has 0 aromatic heterocycles. The SMILES string of the molecule is CCOC(=O)C(CC)Oc1ccc(Cl)cc1Cl. The number of hydrogen-bond acceptors (Lipinski definition) is 3. The summed E-state index contributed by atoms with van der Waals surface area (Å²) in [6, 6.07) is 4.85. The average molecular weight is 277 g/mol. The van der Waals surface area contributed by atoms with Crippen molar-refractivity contribution in [3.8, 4) is 5.75 Å². The van der Waals surface area contributed by atoms with E-state index >= 15 is 0 Å². The molecule has 1 atom stereocenters. The molecule has 17 heavy (non-hydrogen) atoms. The summed E-state index contributed by atoms with van der Waals surface area (Å²) in [7, 11) is 0. The molecular formula is C12H14Cl2O3. The van der Waals surface area contributed by atoms with Crippen molar-refractivity contribution in [2.75, 3.05) is 6.61 Å². The second-order valence-corrected chi connectivity index (χ2v) is 4.19. The molecular weight excluding hydrogens is 263 g/mol. The van der Waals surface area contributed by atoms with E-state index in [2.05, 4.69) is 0 Å². The van der Waals surface area contributed by atoms with Gasteiger partial charge in [0.15, 0.2) is 6.10 Å². The molecule has 0 saturated heterocycles. The number of esters is 1. The monoisotopic (exact) mass is 276 g/mol. The summed E-state index contributed by atoms with van der Waals surface area (Å²) in [5.41, 5.74) is 0. The summed E-state index contributed by atoms with van der Waals surface area (Å²) >= 11 is 11.7. The molecule has 0 fully saturated rings. The van der Waals surface area contributed by atoms with E-state index in [1.54, 1.807) is 25.1 Å². The minimum Gasteiger partial charge on any atom is -0.477 e. The van der Waals surface area contributed by atoms with E-state index < -0.39 is 6.10 Å². The molecule has 0 spiro atoms. The van der Waals surface area contributed by atoms with Gasteiger partial charge in [-0.3, -0.25) is 0 Å². The Labute approximate surface area is 111 Å². The highest BCUT2D eigenvalue weighted by Crippen LogP contribution is 2.28. The molecule has 0 aliphatic carbocycles. The Morgan fingerprint density at radius 3 is 2.59 bits per heavy atom. The van der Waals surface area contributed by atoms with Crippen LogP contribution in [0.2, 0.25) is 10.0 Å². The Morgan fingerprint density at radius 2 is 2.06 bits per heavy atom. The van der Waals surface area contributed by atoms with Gasteiger partial charge < -0.3 is 9.47 Å². The van der Waals surface area contributed by atoms with Crippen LogP contribution in [0.1, 0.15) is 20.3 Å². The molecule has 1 aromatic carbocycles. The lowest BCUT2D eigenvalue weighted by Crippen LogP contribution is -2.28. The highest BCUT2D eigenvalue weighted by atomic mass is 35.5. The van der Waals surface area contributed by atoms with Crippen molar-refractivity contribution in [2.45, 2.75) is 26.4 Å². The predicted octanol–water partition coefficient (Wildman–Crippen LogP) is 3.71. The zero-order valence-electron chi connectivity index (χ0n) is 9.70. The summed E-state index contributed by atoms with van der Waals surface area (Å²) in [4.78, 5) is 11.5. The number of carbonyl (C=O) groups excluding carboxylic acids is 1. The fourth-order valence-corrected chi connectivity index (χ4v) is 1.71. The molecule has 5 heteroatoms. The van der Waals surface area contributed by atoms with Gasteiger partial charge in [-0.25, -0.2) is 4.79 Å². The van der Waals surface area contributed by atoms with E-state index in [9.17, 15) is 4.79 Å². The maximum absolute atomic E-state index is 11.5. The maximum Gasteiger partial charge on any atom is 0.347 e. The Morgan fingerprint density at radius 1 is 1.35 bits per heavy atom. The van der Waals surface area contributed by atoms with Gasteiger partial charge >= 0.3 is 5.97 Å². The highest BCUT2D eigenvalue weighted by molar-refractivity contribution is 6.35. The van der Waals surface area contributed by atoms with Crippen LogP contribution in [0, 0.1) is 0 Å². The normalized spacial score (nSPS) is 12.0. The molecule has 0 radical (unpaired) electrons. The molecule has 1 unspecified atom stereocenters. The van der Waals surface area contributed by atoms with Crippen LogP contribution >= 0.6 is 23.2 Å². The first kappa shape index (κ1) is 14.1. The van der Waals surface area contributed by atoms with E-state index in [1.807, 2.05) is 6.92 Å². The molecule has 0 N–H and O–H groups in total. The number of halogens is 2. The minimum atomic E-state index is -0.645. The first-order valence-corrected chi connectivity index (χ1v) is 6.12. The molecule has 0 aliphatic rings. The van der Waals surface area contributed by atoms with Crippen molar-refractivity contribution in [3.63, 3.8) is 0 Å². The van der Waals surface area contributed by atoms with Gasteiger partial charge in [-0.15, -0.1) is 0 Å². The fraction of sp³-hybridized carbons (Fsp3) is 0.417. The van der Waals surface area contributed by atoms with Gasteiger partial charge in [-0.1, -0.05) is 30.1 Å². The quantitative estimate of drug-likeness (QED) is 0.769. The zero-order chi connectivity index (χ0) is 12.8. The third-order valence-electron chi connectivity index (χ3n) is 2.08. The third kappa shape index (κ3) is 4.10. The van der Waals surface area contributed by atoms with E-state index in [0.717, 1.165) is 0 Å². The number of benzene rings is 1. The number of carbonyl (C=O) groups is 1. The second-order valence-electron chi connectivity index (χ2n) is 3.34. The predicted molar refractivity (Wildman–Crippen MR) is 67.8 cm³/mol. The summed E-state index contributed by atoms with van der Waals surface area (Å²) in [5.74, 6) is 0.0389. The van der Waals surface area contributed by atoms with Gasteiger partial charge in [0, 0.05) is 5.02 Å². The minimum absolute atomic E-state index is 0.326. The smallest absolute Gasteiger partial charge is 0.347 e. The topological polar surface area (TPSA) is 35.5 Å². The van der Waals surface area contributed by atoms with Crippen molar-refractivity contribution in [1.29, 1.82) is 0 Å². The number of hydrogen-bond donors (Lipinski definition) is 0. The van der Waals surface area contributed by atoms with Crippen LogP contribution in [0.3, 0.4) is 0 Å². The molecule has 0 bridgehead atoms. The van der Waals surface area contributed by atoms with Gasteiger partial charge in [-0.2, -0.15) is 0 Å². The second kappa shape index (κ2) is 6.72. The zero-order valence-corrected chi connectivity index (χ0v) is 11.2. The van der Waals surface area contributed by atoms with Crippen LogP contribution in [0.5, 0.6) is 5.75 Å². The Balaban J connectivity index is 2.77. The average Bonchev–Trinajstić information content (AvgIpc) is 2.28. The van der Waals surface area contributed by atoms with Crippen LogP contribution in [0.4, 0.5) is 0 Å². The Bertz CT molecular complexity index is 393. The van der Waals surface area contributed by atoms with E-state index in [-0.39, 0.29) is 5.97 Å².